The maximum atomic E-state index is 12.4. The number of hydrogen-bond donors (Lipinski definition) is 0. The fraction of sp³-hybridized carbons (Fsp3) is 0.320. The van der Waals surface area contributed by atoms with Gasteiger partial charge in [-0.05, 0) is 78.3 Å². The standard InChI is InChI=1S/C25H25N3O2/c1-2-30-25(29)19-11-13-23(26-27-28-14-3-4-15-28)22(16-19)20-12-10-18-9-8-17-6-5-7-21(20)24(17)18/h5-7,10-13,16H,2-4,8-9,14-15H2,1H3. The highest BCUT2D eigenvalue weighted by Crippen LogP contribution is 2.40. The molecule has 0 radical (unpaired) electrons. The van der Waals surface area contributed by atoms with Crippen molar-refractivity contribution in [3.8, 4) is 11.1 Å². The molecule has 0 saturated carbocycles. The second-order valence-corrected chi connectivity index (χ2v) is 7.91. The first kappa shape index (κ1) is 18.8. The summed E-state index contributed by atoms with van der Waals surface area (Å²) in [4.78, 5) is 12.4. The van der Waals surface area contributed by atoms with Gasteiger partial charge in [0.1, 0.15) is 0 Å². The summed E-state index contributed by atoms with van der Waals surface area (Å²) in [5, 5.41) is 13.6. The fourth-order valence-electron chi connectivity index (χ4n) is 4.56. The molecule has 0 unspecified atom stereocenters. The Hall–Kier alpha value is -3.21. The first-order valence-electron chi connectivity index (χ1n) is 10.8. The largest absolute Gasteiger partial charge is 0.462 e. The van der Waals surface area contributed by atoms with Crippen molar-refractivity contribution < 1.29 is 9.53 Å². The number of aryl methyl sites for hydroxylation is 2. The third kappa shape index (κ3) is 3.34. The first-order valence-corrected chi connectivity index (χ1v) is 10.8. The third-order valence-corrected chi connectivity index (χ3v) is 6.04. The zero-order valence-electron chi connectivity index (χ0n) is 17.2. The molecule has 0 spiro atoms. The lowest BCUT2D eigenvalue weighted by atomic mass is 9.93. The molecule has 1 heterocycles. The summed E-state index contributed by atoms with van der Waals surface area (Å²) in [6.07, 6.45) is 4.48. The summed E-state index contributed by atoms with van der Waals surface area (Å²) >= 11 is 0. The molecule has 152 valence electrons. The van der Waals surface area contributed by atoms with Gasteiger partial charge in [0.2, 0.25) is 0 Å². The van der Waals surface area contributed by atoms with Crippen LogP contribution in [-0.2, 0) is 17.6 Å². The van der Waals surface area contributed by atoms with Crippen LogP contribution in [0.3, 0.4) is 0 Å². The zero-order chi connectivity index (χ0) is 20.5. The highest BCUT2D eigenvalue weighted by atomic mass is 16.5. The van der Waals surface area contributed by atoms with Crippen LogP contribution < -0.4 is 0 Å². The van der Waals surface area contributed by atoms with Crippen molar-refractivity contribution in [1.82, 2.24) is 5.01 Å². The van der Waals surface area contributed by atoms with E-state index in [0.29, 0.717) is 12.2 Å². The number of rotatable bonds is 5. The lowest BCUT2D eigenvalue weighted by Crippen LogP contribution is -2.09. The molecule has 0 N–H and O–H groups in total. The van der Waals surface area contributed by atoms with E-state index in [-0.39, 0.29) is 5.97 Å². The Balaban J connectivity index is 1.66. The van der Waals surface area contributed by atoms with E-state index in [0.717, 1.165) is 55.6 Å². The average Bonchev–Trinajstić information content (AvgIpc) is 3.44. The SMILES string of the molecule is CCOC(=O)c1ccc(N=NN2CCCC2)c(-c2ccc3c4c(cccc24)CC3)c1. The van der Waals surface area contributed by atoms with Crippen LogP contribution >= 0.6 is 0 Å². The molecule has 0 amide bonds. The summed E-state index contributed by atoms with van der Waals surface area (Å²) < 4.78 is 5.23. The molecule has 30 heavy (non-hydrogen) atoms. The van der Waals surface area contributed by atoms with Gasteiger partial charge < -0.3 is 4.74 Å². The van der Waals surface area contributed by atoms with Gasteiger partial charge in [0.15, 0.2) is 0 Å². The van der Waals surface area contributed by atoms with E-state index in [2.05, 4.69) is 40.7 Å². The Morgan fingerprint density at radius 1 is 1.00 bits per heavy atom. The molecule has 0 atom stereocenters. The van der Waals surface area contributed by atoms with Crippen molar-refractivity contribution in [2.45, 2.75) is 32.6 Å². The van der Waals surface area contributed by atoms with E-state index in [1.54, 1.807) is 6.07 Å². The summed E-state index contributed by atoms with van der Waals surface area (Å²) in [5.74, 6) is -0.312. The van der Waals surface area contributed by atoms with Gasteiger partial charge in [0.05, 0.1) is 17.9 Å². The fourth-order valence-corrected chi connectivity index (χ4v) is 4.56. The molecule has 1 aliphatic carbocycles. The molecule has 1 fully saturated rings. The van der Waals surface area contributed by atoms with Crippen LogP contribution in [0.25, 0.3) is 21.9 Å². The van der Waals surface area contributed by atoms with Crippen LogP contribution in [0.1, 0.15) is 41.3 Å². The van der Waals surface area contributed by atoms with Crippen LogP contribution in [0.15, 0.2) is 58.9 Å². The minimum absolute atomic E-state index is 0.312. The minimum atomic E-state index is -0.312. The van der Waals surface area contributed by atoms with Crippen LogP contribution in [0.2, 0.25) is 0 Å². The number of carbonyl (C=O) groups is 1. The van der Waals surface area contributed by atoms with Gasteiger partial charge in [-0.25, -0.2) is 4.79 Å². The van der Waals surface area contributed by atoms with E-state index in [9.17, 15) is 4.79 Å². The molecule has 5 nitrogen and oxygen atoms in total. The van der Waals surface area contributed by atoms with Gasteiger partial charge in [-0.15, -0.1) is 5.11 Å². The van der Waals surface area contributed by atoms with Crippen molar-refractivity contribution in [2.75, 3.05) is 19.7 Å². The third-order valence-electron chi connectivity index (χ3n) is 6.04. The van der Waals surface area contributed by atoms with Gasteiger partial charge >= 0.3 is 5.97 Å². The maximum absolute atomic E-state index is 12.4. The highest BCUT2D eigenvalue weighted by Gasteiger charge is 2.19. The Bertz CT molecular complexity index is 1140. The monoisotopic (exact) mass is 399 g/mol. The van der Waals surface area contributed by atoms with E-state index in [4.69, 9.17) is 4.74 Å². The number of carbonyl (C=O) groups excluding carboxylic acids is 1. The van der Waals surface area contributed by atoms with Crippen LogP contribution in [-0.4, -0.2) is 30.7 Å². The second-order valence-electron chi connectivity index (χ2n) is 7.91. The number of benzene rings is 3. The molecule has 5 rings (SSSR count). The Labute approximate surface area is 176 Å². The van der Waals surface area contributed by atoms with E-state index in [1.165, 1.54) is 21.9 Å². The highest BCUT2D eigenvalue weighted by molar-refractivity contribution is 6.04. The van der Waals surface area contributed by atoms with Crippen molar-refractivity contribution in [3.05, 3.63) is 65.2 Å². The van der Waals surface area contributed by atoms with Crippen molar-refractivity contribution in [1.29, 1.82) is 0 Å². The van der Waals surface area contributed by atoms with E-state index >= 15 is 0 Å². The van der Waals surface area contributed by atoms with Crippen LogP contribution in [0.4, 0.5) is 5.69 Å². The number of ether oxygens (including phenoxy) is 1. The van der Waals surface area contributed by atoms with Crippen LogP contribution in [0, 0.1) is 0 Å². The summed E-state index contributed by atoms with van der Waals surface area (Å²) in [5.41, 5.74) is 6.10. The van der Waals surface area contributed by atoms with Crippen molar-refractivity contribution in [3.63, 3.8) is 0 Å². The van der Waals surface area contributed by atoms with Crippen molar-refractivity contribution in [2.24, 2.45) is 10.3 Å². The lowest BCUT2D eigenvalue weighted by Gasteiger charge is -2.13. The predicted molar refractivity (Wildman–Crippen MR) is 118 cm³/mol. The van der Waals surface area contributed by atoms with Gasteiger partial charge in [-0.1, -0.05) is 35.6 Å². The van der Waals surface area contributed by atoms with Gasteiger partial charge in [0.25, 0.3) is 0 Å². The number of esters is 1. The smallest absolute Gasteiger partial charge is 0.338 e. The molecule has 0 aromatic heterocycles. The van der Waals surface area contributed by atoms with E-state index < -0.39 is 0 Å². The predicted octanol–water partition coefficient (Wildman–Crippen LogP) is 5.88. The molecule has 3 aromatic rings. The topological polar surface area (TPSA) is 54.3 Å². The Morgan fingerprint density at radius 3 is 2.60 bits per heavy atom. The molecule has 0 bridgehead atoms. The molecule has 3 aromatic carbocycles. The summed E-state index contributed by atoms with van der Waals surface area (Å²) in [6.45, 7) is 4.06. The molecule has 1 saturated heterocycles. The normalized spacial score (nSPS) is 15.4. The lowest BCUT2D eigenvalue weighted by molar-refractivity contribution is 0.0526. The molecule has 2 aliphatic rings. The zero-order valence-corrected chi connectivity index (χ0v) is 17.2. The number of nitrogens with zero attached hydrogens (tertiary/aromatic N) is 3. The summed E-state index contributed by atoms with van der Waals surface area (Å²) in [6, 6.07) is 16.4. The number of hydrogen-bond acceptors (Lipinski definition) is 4. The van der Waals surface area contributed by atoms with Gasteiger partial charge in [0, 0.05) is 18.7 Å². The Morgan fingerprint density at radius 2 is 1.80 bits per heavy atom. The van der Waals surface area contributed by atoms with Gasteiger partial charge in [-0.2, -0.15) is 0 Å². The molecule has 5 heteroatoms. The van der Waals surface area contributed by atoms with Gasteiger partial charge in [-0.3, -0.25) is 5.01 Å². The summed E-state index contributed by atoms with van der Waals surface area (Å²) in [7, 11) is 0. The second kappa shape index (κ2) is 7.90. The quantitative estimate of drug-likeness (QED) is 0.398. The molecular formula is C25H25N3O2. The van der Waals surface area contributed by atoms with Crippen molar-refractivity contribution >= 4 is 22.4 Å². The molecule has 1 aliphatic heterocycles. The maximum Gasteiger partial charge on any atom is 0.338 e. The first-order chi connectivity index (χ1) is 14.7. The average molecular weight is 399 g/mol. The van der Waals surface area contributed by atoms with Crippen LogP contribution in [0.5, 0.6) is 0 Å². The Kier molecular flexibility index (Phi) is 4.95. The van der Waals surface area contributed by atoms with E-state index in [1.807, 2.05) is 24.1 Å². The minimum Gasteiger partial charge on any atom is -0.462 e. The molecular weight excluding hydrogens is 374 g/mol.